The van der Waals surface area contributed by atoms with Gasteiger partial charge in [-0.2, -0.15) is 5.26 Å². The van der Waals surface area contributed by atoms with Crippen molar-refractivity contribution in [2.45, 2.75) is 12.6 Å². The number of fused-ring (bicyclic) bond motifs is 1. The van der Waals surface area contributed by atoms with Crippen LogP contribution >= 0.6 is 0 Å². The maximum absolute atomic E-state index is 10.2. The molecule has 1 aromatic rings. The fourth-order valence-corrected chi connectivity index (χ4v) is 1.54. The quantitative estimate of drug-likeness (QED) is 0.704. The average molecular weight is 202 g/mol. The second kappa shape index (κ2) is 3.33. The molecule has 1 unspecified atom stereocenters. The number of aliphatic hydroxyl groups is 1. The van der Waals surface area contributed by atoms with Crippen molar-refractivity contribution in [1.29, 1.82) is 5.26 Å². The summed E-state index contributed by atoms with van der Waals surface area (Å²) in [6.45, 7) is 1.60. The highest BCUT2D eigenvalue weighted by Crippen LogP contribution is 2.36. The Labute approximate surface area is 87.2 Å². The second-order valence-corrected chi connectivity index (χ2v) is 3.44. The van der Waals surface area contributed by atoms with Gasteiger partial charge in [0.2, 0.25) is 0 Å². The van der Waals surface area contributed by atoms with E-state index in [0.717, 1.165) is 0 Å². The van der Waals surface area contributed by atoms with Gasteiger partial charge in [-0.25, -0.2) is 5.01 Å². The van der Waals surface area contributed by atoms with Crippen molar-refractivity contribution in [2.24, 2.45) is 10.3 Å². The summed E-state index contributed by atoms with van der Waals surface area (Å²) in [5.41, 5.74) is 0.0283. The number of hydrogen-bond acceptors (Lipinski definition) is 5. The molecule has 0 bridgehead atoms. The molecule has 0 aliphatic carbocycles. The van der Waals surface area contributed by atoms with Crippen molar-refractivity contribution in [3.8, 4) is 6.07 Å². The Balaban J connectivity index is 2.48. The van der Waals surface area contributed by atoms with E-state index in [-0.39, 0.29) is 6.54 Å². The molecule has 5 nitrogen and oxygen atoms in total. The highest BCUT2D eigenvalue weighted by Gasteiger charge is 2.35. The molecule has 5 heteroatoms. The predicted octanol–water partition coefficient (Wildman–Crippen LogP) is 1.69. The van der Waals surface area contributed by atoms with E-state index >= 15 is 0 Å². The lowest BCUT2D eigenvalue weighted by Gasteiger charge is -2.35. The van der Waals surface area contributed by atoms with Crippen molar-refractivity contribution in [3.05, 3.63) is 29.8 Å². The zero-order valence-corrected chi connectivity index (χ0v) is 8.25. The molecule has 0 fully saturated rings. The van der Waals surface area contributed by atoms with Crippen LogP contribution in [0.3, 0.4) is 0 Å². The van der Waals surface area contributed by atoms with Gasteiger partial charge in [-0.15, -0.1) is 5.11 Å². The lowest BCUT2D eigenvalue weighted by atomic mass is 10.0. The standard InChI is InChI=1S/C10H10N4O/c1-10(15)8-4-2-3-5-9(8)12-13-14(10)7-6-11/h2-5,15H,7H2,1H3. The summed E-state index contributed by atoms with van der Waals surface area (Å²) in [7, 11) is 0. The predicted molar refractivity (Wildman–Crippen MR) is 52.8 cm³/mol. The summed E-state index contributed by atoms with van der Waals surface area (Å²) < 4.78 is 0. The summed E-state index contributed by atoms with van der Waals surface area (Å²) in [5, 5.41) is 27.8. The summed E-state index contributed by atoms with van der Waals surface area (Å²) in [4.78, 5) is 0. The first-order valence-electron chi connectivity index (χ1n) is 4.54. The monoisotopic (exact) mass is 202 g/mol. The van der Waals surface area contributed by atoms with Crippen LogP contribution in [-0.4, -0.2) is 16.7 Å². The third kappa shape index (κ3) is 1.45. The number of rotatable bonds is 1. The smallest absolute Gasteiger partial charge is 0.181 e. The summed E-state index contributed by atoms with van der Waals surface area (Å²) in [6.07, 6.45) is 0. The molecule has 2 rings (SSSR count). The van der Waals surface area contributed by atoms with Crippen molar-refractivity contribution < 1.29 is 5.11 Å². The average Bonchev–Trinajstić information content (AvgIpc) is 2.23. The number of nitrogens with zero attached hydrogens (tertiary/aromatic N) is 4. The molecule has 15 heavy (non-hydrogen) atoms. The van der Waals surface area contributed by atoms with E-state index < -0.39 is 5.72 Å². The van der Waals surface area contributed by atoms with Crippen LogP contribution < -0.4 is 0 Å². The first-order chi connectivity index (χ1) is 7.16. The molecular formula is C10H10N4O. The minimum absolute atomic E-state index is 0.00480. The number of benzene rings is 1. The van der Waals surface area contributed by atoms with Gasteiger partial charge in [0.15, 0.2) is 5.72 Å². The third-order valence-corrected chi connectivity index (χ3v) is 2.40. The molecule has 76 valence electrons. The van der Waals surface area contributed by atoms with Gasteiger partial charge < -0.3 is 5.11 Å². The van der Waals surface area contributed by atoms with Crippen LogP contribution in [0.25, 0.3) is 0 Å². The van der Waals surface area contributed by atoms with E-state index in [1.165, 1.54) is 5.01 Å². The molecule has 1 heterocycles. The van der Waals surface area contributed by atoms with Crippen LogP contribution in [0.1, 0.15) is 12.5 Å². The molecule has 0 spiro atoms. The first kappa shape index (κ1) is 9.62. The molecule has 1 aliphatic heterocycles. The van der Waals surface area contributed by atoms with Crippen LogP contribution in [0.2, 0.25) is 0 Å². The van der Waals surface area contributed by atoms with Gasteiger partial charge in [0.1, 0.15) is 6.54 Å². The van der Waals surface area contributed by atoms with Crippen molar-refractivity contribution in [1.82, 2.24) is 5.01 Å². The van der Waals surface area contributed by atoms with Gasteiger partial charge in [0, 0.05) is 5.56 Å². The Bertz CT molecular complexity index is 447. The fourth-order valence-electron chi connectivity index (χ4n) is 1.54. The maximum atomic E-state index is 10.2. The lowest BCUT2D eigenvalue weighted by molar-refractivity contribution is -0.102. The fraction of sp³-hybridized carbons (Fsp3) is 0.300. The highest BCUT2D eigenvalue weighted by atomic mass is 16.3. The van der Waals surface area contributed by atoms with Gasteiger partial charge in [0.25, 0.3) is 0 Å². The number of hydrogen-bond donors (Lipinski definition) is 1. The van der Waals surface area contributed by atoms with E-state index in [4.69, 9.17) is 5.26 Å². The molecule has 0 aromatic heterocycles. The number of nitriles is 1. The van der Waals surface area contributed by atoms with Gasteiger partial charge in [-0.1, -0.05) is 23.4 Å². The highest BCUT2D eigenvalue weighted by molar-refractivity contribution is 5.48. The van der Waals surface area contributed by atoms with Gasteiger partial charge in [0.05, 0.1) is 11.8 Å². The largest absolute Gasteiger partial charge is 0.366 e. The van der Waals surface area contributed by atoms with Crippen LogP contribution in [-0.2, 0) is 5.72 Å². The van der Waals surface area contributed by atoms with Crippen LogP contribution in [0.15, 0.2) is 34.6 Å². The Morgan fingerprint density at radius 1 is 1.53 bits per heavy atom. The van der Waals surface area contributed by atoms with E-state index in [2.05, 4.69) is 10.3 Å². The van der Waals surface area contributed by atoms with Gasteiger partial charge in [-0.3, -0.25) is 0 Å². The lowest BCUT2D eigenvalue weighted by Crippen LogP contribution is -2.41. The first-order valence-corrected chi connectivity index (χ1v) is 4.54. The Hall–Kier alpha value is -1.93. The Morgan fingerprint density at radius 2 is 2.27 bits per heavy atom. The van der Waals surface area contributed by atoms with Gasteiger partial charge in [-0.05, 0) is 13.0 Å². The van der Waals surface area contributed by atoms with Crippen molar-refractivity contribution >= 4 is 5.69 Å². The summed E-state index contributed by atoms with van der Waals surface area (Å²) >= 11 is 0. The van der Waals surface area contributed by atoms with E-state index in [9.17, 15) is 5.11 Å². The van der Waals surface area contributed by atoms with Crippen LogP contribution in [0.5, 0.6) is 0 Å². The third-order valence-electron chi connectivity index (χ3n) is 2.40. The second-order valence-electron chi connectivity index (χ2n) is 3.44. The van der Waals surface area contributed by atoms with Crippen LogP contribution in [0.4, 0.5) is 5.69 Å². The minimum atomic E-state index is -1.27. The van der Waals surface area contributed by atoms with E-state index in [1.54, 1.807) is 19.1 Å². The molecule has 0 radical (unpaired) electrons. The molecule has 1 atom stereocenters. The van der Waals surface area contributed by atoms with Gasteiger partial charge >= 0.3 is 0 Å². The summed E-state index contributed by atoms with van der Waals surface area (Å²) in [6, 6.07) is 9.13. The Kier molecular flexibility index (Phi) is 2.14. The molecule has 1 aromatic carbocycles. The molecular weight excluding hydrogens is 192 g/mol. The molecule has 0 saturated heterocycles. The SMILES string of the molecule is CC1(O)c2ccccc2N=NN1CC#N. The van der Waals surface area contributed by atoms with Crippen molar-refractivity contribution in [2.75, 3.05) is 6.54 Å². The normalized spacial score (nSPS) is 23.4. The molecule has 1 aliphatic rings. The zero-order chi connectivity index (χ0) is 10.9. The summed E-state index contributed by atoms with van der Waals surface area (Å²) in [5.74, 6) is 0. The van der Waals surface area contributed by atoms with Crippen LogP contribution in [0, 0.1) is 11.3 Å². The van der Waals surface area contributed by atoms with E-state index in [0.29, 0.717) is 11.3 Å². The minimum Gasteiger partial charge on any atom is -0.366 e. The topological polar surface area (TPSA) is 72.0 Å². The molecule has 0 amide bonds. The Morgan fingerprint density at radius 3 is 3.00 bits per heavy atom. The van der Waals surface area contributed by atoms with Crippen molar-refractivity contribution in [3.63, 3.8) is 0 Å². The zero-order valence-electron chi connectivity index (χ0n) is 8.25. The van der Waals surface area contributed by atoms with E-state index in [1.807, 2.05) is 18.2 Å². The molecule has 1 N–H and O–H groups in total. The molecule has 0 saturated carbocycles. The maximum Gasteiger partial charge on any atom is 0.181 e.